The third kappa shape index (κ3) is 3.10. The van der Waals surface area contributed by atoms with Crippen LogP contribution in [0, 0.1) is 5.92 Å². The molecule has 1 aromatic rings. The second-order valence-corrected chi connectivity index (χ2v) is 5.30. The van der Waals surface area contributed by atoms with Crippen molar-refractivity contribution in [3.63, 3.8) is 0 Å². The molecule has 3 nitrogen and oxygen atoms in total. The lowest BCUT2D eigenvalue weighted by molar-refractivity contribution is -0.117. The topological polar surface area (TPSA) is 32.3 Å². The summed E-state index contributed by atoms with van der Waals surface area (Å²) in [7, 11) is 0. The highest BCUT2D eigenvalue weighted by Gasteiger charge is 2.21. The summed E-state index contributed by atoms with van der Waals surface area (Å²) < 4.78 is 0. The predicted molar refractivity (Wildman–Crippen MR) is 74.8 cm³/mol. The molecule has 18 heavy (non-hydrogen) atoms. The average molecular weight is 246 g/mol. The van der Waals surface area contributed by atoms with Gasteiger partial charge >= 0.3 is 0 Å². The lowest BCUT2D eigenvalue weighted by Gasteiger charge is -2.29. The number of nitrogens with zero attached hydrogens (tertiary/aromatic N) is 1. The summed E-state index contributed by atoms with van der Waals surface area (Å²) >= 11 is 0. The standard InChI is InChI=1S/C15H22N2O/c1-12(2)10-16-11-15(18)17-9-5-7-13-6-3-4-8-14(13)17/h3-4,6,8,12,16H,5,7,9-11H2,1-2H3. The van der Waals surface area contributed by atoms with Gasteiger partial charge in [0.15, 0.2) is 0 Å². The van der Waals surface area contributed by atoms with Gasteiger partial charge in [0.1, 0.15) is 0 Å². The number of hydrogen-bond acceptors (Lipinski definition) is 2. The molecule has 1 aromatic carbocycles. The van der Waals surface area contributed by atoms with E-state index in [0.717, 1.165) is 31.6 Å². The molecule has 0 atom stereocenters. The van der Waals surface area contributed by atoms with Gasteiger partial charge in [0.2, 0.25) is 5.91 Å². The molecule has 0 aliphatic carbocycles. The van der Waals surface area contributed by atoms with Crippen LogP contribution < -0.4 is 10.2 Å². The maximum atomic E-state index is 12.2. The van der Waals surface area contributed by atoms with Gasteiger partial charge in [-0.15, -0.1) is 0 Å². The van der Waals surface area contributed by atoms with Gasteiger partial charge in [-0.2, -0.15) is 0 Å². The number of nitrogens with one attached hydrogen (secondary N) is 1. The zero-order chi connectivity index (χ0) is 13.0. The molecule has 1 aliphatic heterocycles. The van der Waals surface area contributed by atoms with E-state index in [4.69, 9.17) is 0 Å². The van der Waals surface area contributed by atoms with Gasteiger partial charge in [-0.3, -0.25) is 4.79 Å². The number of carbonyl (C=O) groups is 1. The summed E-state index contributed by atoms with van der Waals surface area (Å²) in [6.07, 6.45) is 2.15. The van der Waals surface area contributed by atoms with E-state index >= 15 is 0 Å². The van der Waals surface area contributed by atoms with Crippen LogP contribution in [-0.4, -0.2) is 25.5 Å². The Bertz CT molecular complexity index is 415. The van der Waals surface area contributed by atoms with E-state index in [1.54, 1.807) is 0 Å². The van der Waals surface area contributed by atoms with Crippen LogP contribution in [0.4, 0.5) is 5.69 Å². The summed E-state index contributed by atoms with van der Waals surface area (Å²) in [5.41, 5.74) is 2.39. The quantitative estimate of drug-likeness (QED) is 0.883. The second-order valence-electron chi connectivity index (χ2n) is 5.30. The van der Waals surface area contributed by atoms with Gasteiger partial charge in [0.25, 0.3) is 0 Å². The van der Waals surface area contributed by atoms with Crippen molar-refractivity contribution in [3.8, 4) is 0 Å². The molecular weight excluding hydrogens is 224 g/mol. The van der Waals surface area contributed by atoms with Crippen LogP contribution in [0.1, 0.15) is 25.8 Å². The maximum Gasteiger partial charge on any atom is 0.240 e. The number of aryl methyl sites for hydroxylation is 1. The van der Waals surface area contributed by atoms with E-state index in [1.165, 1.54) is 5.56 Å². The first-order chi connectivity index (χ1) is 8.68. The molecule has 0 spiro atoms. The van der Waals surface area contributed by atoms with E-state index in [1.807, 2.05) is 17.0 Å². The highest BCUT2D eigenvalue weighted by atomic mass is 16.2. The Kier molecular flexibility index (Phi) is 4.37. The SMILES string of the molecule is CC(C)CNCC(=O)N1CCCc2ccccc21. The molecule has 1 heterocycles. The van der Waals surface area contributed by atoms with Crippen LogP contribution in [0.2, 0.25) is 0 Å². The Morgan fingerprint density at radius 2 is 2.17 bits per heavy atom. The third-order valence-corrected chi connectivity index (χ3v) is 3.24. The summed E-state index contributed by atoms with van der Waals surface area (Å²) in [6, 6.07) is 8.22. The van der Waals surface area contributed by atoms with Gasteiger partial charge < -0.3 is 10.2 Å². The van der Waals surface area contributed by atoms with Crippen LogP contribution in [-0.2, 0) is 11.2 Å². The molecule has 1 N–H and O–H groups in total. The van der Waals surface area contributed by atoms with Gasteiger partial charge in [0, 0.05) is 12.2 Å². The fourth-order valence-corrected chi connectivity index (χ4v) is 2.36. The smallest absolute Gasteiger partial charge is 0.240 e. The number of fused-ring (bicyclic) bond motifs is 1. The molecule has 0 bridgehead atoms. The number of anilines is 1. The van der Waals surface area contributed by atoms with Crippen LogP contribution in [0.3, 0.4) is 0 Å². The molecule has 0 aromatic heterocycles. The first-order valence-corrected chi connectivity index (χ1v) is 6.77. The monoisotopic (exact) mass is 246 g/mol. The number of benzene rings is 1. The molecule has 0 saturated carbocycles. The van der Waals surface area contributed by atoms with Crippen LogP contribution in [0.15, 0.2) is 24.3 Å². The van der Waals surface area contributed by atoms with E-state index < -0.39 is 0 Å². The number of amides is 1. The molecular formula is C15H22N2O. The van der Waals surface area contributed by atoms with Crippen LogP contribution in [0.5, 0.6) is 0 Å². The van der Waals surface area contributed by atoms with Crippen molar-refractivity contribution < 1.29 is 4.79 Å². The summed E-state index contributed by atoms with van der Waals surface area (Å²) in [5, 5.41) is 3.22. The zero-order valence-electron chi connectivity index (χ0n) is 11.3. The lowest BCUT2D eigenvalue weighted by atomic mass is 10.0. The predicted octanol–water partition coefficient (Wildman–Crippen LogP) is 2.21. The Labute approximate surface area is 109 Å². The maximum absolute atomic E-state index is 12.2. The van der Waals surface area contributed by atoms with Gasteiger partial charge in [-0.25, -0.2) is 0 Å². The average Bonchev–Trinajstić information content (AvgIpc) is 2.37. The fraction of sp³-hybridized carbons (Fsp3) is 0.533. The number of carbonyl (C=O) groups excluding carboxylic acids is 1. The molecule has 1 amide bonds. The van der Waals surface area contributed by atoms with Crippen molar-refractivity contribution in [2.75, 3.05) is 24.5 Å². The van der Waals surface area contributed by atoms with E-state index in [-0.39, 0.29) is 5.91 Å². The molecule has 2 rings (SSSR count). The van der Waals surface area contributed by atoms with Crippen molar-refractivity contribution in [2.45, 2.75) is 26.7 Å². The van der Waals surface area contributed by atoms with E-state index in [9.17, 15) is 4.79 Å². The van der Waals surface area contributed by atoms with Crippen molar-refractivity contribution in [2.24, 2.45) is 5.92 Å². The van der Waals surface area contributed by atoms with Crippen molar-refractivity contribution in [1.82, 2.24) is 5.32 Å². The molecule has 1 aliphatic rings. The molecule has 0 radical (unpaired) electrons. The van der Waals surface area contributed by atoms with Crippen molar-refractivity contribution in [3.05, 3.63) is 29.8 Å². The first kappa shape index (κ1) is 13.1. The minimum Gasteiger partial charge on any atom is -0.311 e. The largest absolute Gasteiger partial charge is 0.311 e. The number of hydrogen-bond donors (Lipinski definition) is 1. The molecule has 0 fully saturated rings. The molecule has 0 unspecified atom stereocenters. The van der Waals surface area contributed by atoms with Crippen LogP contribution in [0.25, 0.3) is 0 Å². The molecule has 3 heteroatoms. The highest BCUT2D eigenvalue weighted by molar-refractivity contribution is 5.95. The first-order valence-electron chi connectivity index (χ1n) is 6.77. The summed E-state index contributed by atoms with van der Waals surface area (Å²) in [5.74, 6) is 0.759. The summed E-state index contributed by atoms with van der Waals surface area (Å²) in [4.78, 5) is 14.1. The fourth-order valence-electron chi connectivity index (χ4n) is 2.36. The Hall–Kier alpha value is -1.35. The Morgan fingerprint density at radius 3 is 2.94 bits per heavy atom. The van der Waals surface area contributed by atoms with Crippen LogP contribution >= 0.6 is 0 Å². The van der Waals surface area contributed by atoms with Gasteiger partial charge in [-0.1, -0.05) is 32.0 Å². The van der Waals surface area contributed by atoms with Crippen molar-refractivity contribution >= 4 is 11.6 Å². The van der Waals surface area contributed by atoms with E-state index in [0.29, 0.717) is 12.5 Å². The zero-order valence-corrected chi connectivity index (χ0v) is 11.3. The van der Waals surface area contributed by atoms with Crippen molar-refractivity contribution in [1.29, 1.82) is 0 Å². The number of rotatable bonds is 4. The Morgan fingerprint density at radius 1 is 1.39 bits per heavy atom. The molecule has 0 saturated heterocycles. The van der Waals surface area contributed by atoms with Gasteiger partial charge in [0.05, 0.1) is 6.54 Å². The minimum atomic E-state index is 0.183. The molecule has 98 valence electrons. The van der Waals surface area contributed by atoms with E-state index in [2.05, 4.69) is 31.3 Å². The minimum absolute atomic E-state index is 0.183. The second kappa shape index (κ2) is 6.01. The van der Waals surface area contributed by atoms with Gasteiger partial charge in [-0.05, 0) is 36.9 Å². The number of para-hydroxylation sites is 1. The normalized spacial score (nSPS) is 14.7. The lowest BCUT2D eigenvalue weighted by Crippen LogP contribution is -2.41. The third-order valence-electron chi connectivity index (χ3n) is 3.24. The summed E-state index contributed by atoms with van der Waals surface area (Å²) in [6.45, 7) is 6.47. The highest BCUT2D eigenvalue weighted by Crippen LogP contribution is 2.26. The Balaban J connectivity index is 1.99.